The molecule has 0 aliphatic carbocycles. The molecule has 0 aliphatic rings. The zero-order chi connectivity index (χ0) is 29.1. The van der Waals surface area contributed by atoms with Crippen LogP contribution in [0, 0.1) is 12.1 Å². The van der Waals surface area contributed by atoms with Crippen LogP contribution < -0.4 is 12.4 Å². The molecule has 4 aromatic rings. The molecule has 0 saturated carbocycles. The summed E-state index contributed by atoms with van der Waals surface area (Å²) in [5.74, 6) is 1.89. The molecule has 4 aromatic carbocycles. The standard InChI is InChI=1S/2C19H22N.ClH.Sb/c2*1-14(2)17-11-8-12-18(15(3)4)19(17)20-13-16-9-6-5-7-10-16;;/h2*5-9,11-15H,1-4H3;1H;/p-1. The van der Waals surface area contributed by atoms with E-state index in [9.17, 15) is 0 Å². The van der Waals surface area contributed by atoms with E-state index < -0.39 is 0 Å². The monoisotopic (exact) mass is 684 g/mol. The number of halogens is 1. The van der Waals surface area contributed by atoms with Gasteiger partial charge in [-0.15, -0.1) is 0 Å². The molecular weight excluding hydrogens is 642 g/mol. The second-order valence-corrected chi connectivity index (χ2v) is 11.3. The number of benzene rings is 4. The summed E-state index contributed by atoms with van der Waals surface area (Å²) in [4.78, 5) is 9.53. The van der Waals surface area contributed by atoms with Crippen LogP contribution in [0.5, 0.6) is 0 Å². The predicted octanol–water partition coefficient (Wildman–Crippen LogP) is 7.59. The Morgan fingerprint density at radius 2 is 0.786 bits per heavy atom. The van der Waals surface area contributed by atoms with E-state index in [1.165, 1.54) is 22.3 Å². The molecular formula is C38H44ClN2Sb-. The van der Waals surface area contributed by atoms with Gasteiger partial charge in [0.05, 0.1) is 11.4 Å². The largest absolute Gasteiger partial charge is 1.00 e. The Balaban J connectivity index is 0.000000401. The molecule has 0 aliphatic heterocycles. The average Bonchev–Trinajstić information content (AvgIpc) is 2.95. The number of hydrogen-bond acceptors (Lipinski definition) is 2. The minimum absolute atomic E-state index is 0. The van der Waals surface area contributed by atoms with E-state index in [0.29, 0.717) is 23.7 Å². The fourth-order valence-corrected chi connectivity index (χ4v) is 4.56. The molecule has 4 rings (SSSR count). The molecule has 42 heavy (non-hydrogen) atoms. The van der Waals surface area contributed by atoms with Gasteiger partial charge in [0.15, 0.2) is 0 Å². The van der Waals surface area contributed by atoms with Crippen LogP contribution in [0.4, 0.5) is 11.4 Å². The van der Waals surface area contributed by atoms with Gasteiger partial charge in [-0.3, -0.25) is 9.98 Å². The van der Waals surface area contributed by atoms with Crippen molar-refractivity contribution in [2.45, 2.75) is 79.1 Å². The summed E-state index contributed by atoms with van der Waals surface area (Å²) in [5, 5.41) is 0. The molecule has 0 amide bonds. The predicted molar refractivity (Wildman–Crippen MR) is 180 cm³/mol. The van der Waals surface area contributed by atoms with E-state index in [-0.39, 0.29) is 36.8 Å². The van der Waals surface area contributed by atoms with Crippen LogP contribution in [0.3, 0.4) is 0 Å². The van der Waals surface area contributed by atoms with Crippen molar-refractivity contribution in [3.8, 4) is 0 Å². The summed E-state index contributed by atoms with van der Waals surface area (Å²) in [7, 11) is 0. The molecule has 219 valence electrons. The second-order valence-electron chi connectivity index (χ2n) is 11.3. The summed E-state index contributed by atoms with van der Waals surface area (Å²) in [6.07, 6.45) is 3.82. The first-order valence-corrected chi connectivity index (χ1v) is 14.5. The van der Waals surface area contributed by atoms with E-state index in [0.717, 1.165) is 22.5 Å². The Hall–Kier alpha value is -2.67. The van der Waals surface area contributed by atoms with Gasteiger partial charge in [-0.1, -0.05) is 140 Å². The van der Waals surface area contributed by atoms with Crippen LogP contribution in [0.25, 0.3) is 0 Å². The van der Waals surface area contributed by atoms with Gasteiger partial charge in [-0.05, 0) is 58.1 Å². The van der Waals surface area contributed by atoms with Crippen LogP contribution in [0.2, 0.25) is 0 Å². The van der Waals surface area contributed by atoms with Crippen molar-refractivity contribution < 1.29 is 12.4 Å². The summed E-state index contributed by atoms with van der Waals surface area (Å²) in [5.41, 5.74) is 9.50. The van der Waals surface area contributed by atoms with E-state index in [1.807, 2.05) is 61.0 Å². The third kappa shape index (κ3) is 10.9. The first-order valence-electron chi connectivity index (χ1n) is 14.5. The SMILES string of the molecule is CC(C)c1cccc(C(C)C)c1N=Cc1[c]cccc1.CC(C)c1cccc(C(C)C)c1N=Cc1[c]cccc1.[Cl-].[Sb]. The molecule has 0 bridgehead atoms. The minimum Gasteiger partial charge on any atom is -1.00 e. The van der Waals surface area contributed by atoms with E-state index in [4.69, 9.17) is 9.98 Å². The molecule has 4 heteroatoms. The molecule has 2 nitrogen and oxygen atoms in total. The Bertz CT molecular complexity index is 1230. The third-order valence-electron chi connectivity index (χ3n) is 6.82. The minimum atomic E-state index is 0. The zero-order valence-corrected chi connectivity index (χ0v) is 29.6. The molecule has 0 N–H and O–H groups in total. The summed E-state index contributed by atoms with van der Waals surface area (Å²) in [6.45, 7) is 17.7. The fourth-order valence-electron chi connectivity index (χ4n) is 4.56. The second kappa shape index (κ2) is 18.8. The van der Waals surface area contributed by atoms with Crippen LogP contribution >= 0.6 is 0 Å². The smallest absolute Gasteiger partial charge is 0.0699 e. The molecule has 0 unspecified atom stereocenters. The van der Waals surface area contributed by atoms with Gasteiger partial charge >= 0.3 is 0 Å². The van der Waals surface area contributed by atoms with E-state index in [1.54, 1.807) is 0 Å². The number of nitrogens with zero attached hydrogens (tertiary/aromatic N) is 2. The Labute approximate surface area is 278 Å². The van der Waals surface area contributed by atoms with E-state index >= 15 is 0 Å². The van der Waals surface area contributed by atoms with Crippen LogP contribution in [0.15, 0.2) is 94.9 Å². The van der Waals surface area contributed by atoms with Crippen molar-refractivity contribution in [2.24, 2.45) is 9.98 Å². The van der Waals surface area contributed by atoms with Crippen molar-refractivity contribution >= 4 is 48.2 Å². The van der Waals surface area contributed by atoms with Crippen molar-refractivity contribution in [2.75, 3.05) is 0 Å². The van der Waals surface area contributed by atoms with Gasteiger partial charge in [0.1, 0.15) is 0 Å². The molecule has 0 spiro atoms. The molecule has 0 heterocycles. The van der Waals surface area contributed by atoms with Crippen molar-refractivity contribution in [3.63, 3.8) is 0 Å². The van der Waals surface area contributed by atoms with Crippen molar-refractivity contribution in [1.29, 1.82) is 0 Å². The summed E-state index contributed by atoms with van der Waals surface area (Å²) < 4.78 is 0. The molecule has 5 radical (unpaired) electrons. The first kappa shape index (κ1) is 37.4. The Morgan fingerprint density at radius 3 is 1.02 bits per heavy atom. The molecule has 0 atom stereocenters. The number of hydrogen-bond donors (Lipinski definition) is 0. The van der Waals surface area contributed by atoms with Gasteiger partial charge < -0.3 is 12.4 Å². The summed E-state index contributed by atoms with van der Waals surface area (Å²) in [6, 6.07) is 35.2. The Morgan fingerprint density at radius 1 is 0.476 bits per heavy atom. The summed E-state index contributed by atoms with van der Waals surface area (Å²) >= 11 is 0. The maximum atomic E-state index is 4.76. The van der Waals surface area contributed by atoms with Crippen LogP contribution in [0.1, 0.15) is 112 Å². The maximum Gasteiger partial charge on any atom is 0.0699 e. The maximum absolute atomic E-state index is 4.76. The Kier molecular flexibility index (Phi) is 16.7. The van der Waals surface area contributed by atoms with Crippen molar-refractivity contribution in [3.05, 3.63) is 130 Å². The van der Waals surface area contributed by atoms with Crippen LogP contribution in [-0.4, -0.2) is 36.9 Å². The van der Waals surface area contributed by atoms with Gasteiger partial charge in [0.2, 0.25) is 0 Å². The van der Waals surface area contributed by atoms with Crippen molar-refractivity contribution in [1.82, 2.24) is 0 Å². The quantitative estimate of drug-likeness (QED) is 0.135. The molecule has 0 aromatic heterocycles. The fraction of sp³-hybridized carbons (Fsp3) is 0.316. The first-order chi connectivity index (χ1) is 19.2. The average molecular weight is 686 g/mol. The third-order valence-corrected chi connectivity index (χ3v) is 6.82. The van der Waals surface area contributed by atoms with Gasteiger partial charge in [0.25, 0.3) is 0 Å². The molecule has 0 fully saturated rings. The van der Waals surface area contributed by atoms with Crippen LogP contribution in [-0.2, 0) is 0 Å². The molecule has 0 saturated heterocycles. The van der Waals surface area contributed by atoms with Gasteiger partial charge in [0, 0.05) is 48.0 Å². The van der Waals surface area contributed by atoms with Gasteiger partial charge in [-0.25, -0.2) is 0 Å². The van der Waals surface area contributed by atoms with E-state index in [2.05, 4.69) is 104 Å². The van der Waals surface area contributed by atoms with Gasteiger partial charge in [-0.2, -0.15) is 0 Å². The zero-order valence-electron chi connectivity index (χ0n) is 26.3. The normalized spacial score (nSPS) is 11.1. The number of rotatable bonds is 8. The number of para-hydroxylation sites is 2. The number of aliphatic imine (C=N–C) groups is 2. The topological polar surface area (TPSA) is 24.7 Å².